The van der Waals surface area contributed by atoms with Gasteiger partial charge >= 0.3 is 0 Å². The molecule has 1 amide bonds. The molecule has 0 spiro atoms. The fraction of sp³-hybridized carbons (Fsp3) is 0.0625. The van der Waals surface area contributed by atoms with Crippen molar-refractivity contribution in [2.24, 2.45) is 0 Å². The van der Waals surface area contributed by atoms with Gasteiger partial charge in [0.25, 0.3) is 17.4 Å². The zero-order chi connectivity index (χ0) is 19.4. The third kappa shape index (κ3) is 3.76. The van der Waals surface area contributed by atoms with E-state index in [0.717, 1.165) is 31.4 Å². The van der Waals surface area contributed by atoms with Crippen molar-refractivity contribution in [3.8, 4) is 11.8 Å². The molecule has 0 aliphatic carbocycles. The molecule has 0 bridgehead atoms. The molecule has 132 valence electrons. The summed E-state index contributed by atoms with van der Waals surface area (Å²) in [5.74, 6) is -3.17. The average Bonchev–Trinajstić information content (AvgIpc) is 2.62. The molecule has 10 heteroatoms. The number of ketones is 1. The molecule has 0 aromatic heterocycles. The van der Waals surface area contributed by atoms with Crippen LogP contribution in [-0.4, -0.2) is 23.7 Å². The van der Waals surface area contributed by atoms with Crippen molar-refractivity contribution >= 4 is 34.7 Å². The van der Waals surface area contributed by atoms with Crippen molar-refractivity contribution in [1.29, 1.82) is 5.26 Å². The van der Waals surface area contributed by atoms with E-state index >= 15 is 0 Å². The smallest absolute Gasteiger partial charge is 0.296 e. The summed E-state index contributed by atoms with van der Waals surface area (Å²) in [6.07, 6.45) is 0. The Morgan fingerprint density at radius 3 is 2.58 bits per heavy atom. The highest BCUT2D eigenvalue weighted by Gasteiger charge is 2.26. The minimum Gasteiger partial charge on any atom is -0.496 e. The maximum absolute atomic E-state index is 13.1. The number of methoxy groups -OCH3 is 1. The molecule has 2 rings (SSSR count). The summed E-state index contributed by atoms with van der Waals surface area (Å²) < 4.78 is 18.0. The molecule has 0 atom stereocenters. The minimum atomic E-state index is -1.12. The number of benzene rings is 2. The number of nitrogens with one attached hydrogen (secondary N) is 1. The summed E-state index contributed by atoms with van der Waals surface area (Å²) >= 11 is 5.60. The number of nitrogens with zero attached hydrogens (tertiary/aromatic N) is 2. The molecule has 0 aliphatic rings. The lowest BCUT2D eigenvalue weighted by molar-refractivity contribution is -0.385. The van der Waals surface area contributed by atoms with Crippen molar-refractivity contribution in [3.05, 3.63) is 62.4 Å². The molecule has 2 aromatic rings. The van der Waals surface area contributed by atoms with Crippen LogP contribution in [-0.2, 0) is 4.79 Å². The van der Waals surface area contributed by atoms with Crippen LogP contribution in [0.5, 0.6) is 5.75 Å². The highest BCUT2D eigenvalue weighted by Crippen LogP contribution is 2.29. The number of nitriles is 1. The van der Waals surface area contributed by atoms with E-state index in [-0.39, 0.29) is 22.0 Å². The quantitative estimate of drug-likeness (QED) is 0.369. The van der Waals surface area contributed by atoms with Crippen molar-refractivity contribution < 1.29 is 23.6 Å². The monoisotopic (exact) mass is 377 g/mol. The van der Waals surface area contributed by atoms with Crippen LogP contribution < -0.4 is 10.1 Å². The van der Waals surface area contributed by atoms with Gasteiger partial charge in [0.15, 0.2) is 0 Å². The largest absolute Gasteiger partial charge is 0.496 e. The first kappa shape index (κ1) is 18.8. The molecule has 2 aromatic carbocycles. The Hall–Kier alpha value is -3.51. The number of rotatable bonds is 5. The highest BCUT2D eigenvalue weighted by molar-refractivity contribution is 6.47. The molecule has 0 heterocycles. The van der Waals surface area contributed by atoms with E-state index in [0.29, 0.717) is 0 Å². The van der Waals surface area contributed by atoms with Crippen molar-refractivity contribution in [1.82, 2.24) is 0 Å². The van der Waals surface area contributed by atoms with Crippen molar-refractivity contribution in [2.75, 3.05) is 12.4 Å². The number of nitro benzene ring substituents is 1. The molecule has 0 radical (unpaired) electrons. The fourth-order valence-corrected chi connectivity index (χ4v) is 2.22. The Morgan fingerprint density at radius 1 is 1.35 bits per heavy atom. The van der Waals surface area contributed by atoms with Gasteiger partial charge in [0.2, 0.25) is 0 Å². The molecular weight excluding hydrogens is 369 g/mol. The number of anilines is 1. The number of halogens is 2. The molecule has 26 heavy (non-hydrogen) atoms. The lowest BCUT2D eigenvalue weighted by Gasteiger charge is -2.09. The van der Waals surface area contributed by atoms with Crippen LogP contribution in [0.2, 0.25) is 5.02 Å². The first-order valence-electron chi connectivity index (χ1n) is 6.85. The maximum atomic E-state index is 13.1. The van der Waals surface area contributed by atoms with E-state index in [4.69, 9.17) is 21.6 Å². The molecule has 8 nitrogen and oxygen atoms in total. The highest BCUT2D eigenvalue weighted by atomic mass is 35.5. The zero-order valence-electron chi connectivity index (χ0n) is 13.1. The standard InChI is InChI=1S/C16H9ClFN3O5/c1-26-14-6-13(21(24)25)8(7-19)4-10(14)15(22)16(23)20-9-2-3-12(18)11(17)5-9/h2-6H,1H3,(H,20,23). The van der Waals surface area contributed by atoms with Gasteiger partial charge in [-0.15, -0.1) is 0 Å². The van der Waals surface area contributed by atoms with Gasteiger partial charge in [-0.1, -0.05) is 11.6 Å². The Morgan fingerprint density at radius 2 is 2.04 bits per heavy atom. The molecule has 1 N–H and O–H groups in total. The number of carbonyl (C=O) groups is 2. The topological polar surface area (TPSA) is 122 Å². The molecule has 0 fully saturated rings. The summed E-state index contributed by atoms with van der Waals surface area (Å²) in [5, 5.41) is 21.9. The third-order valence-corrected chi connectivity index (χ3v) is 3.55. The Labute approximate surface area is 150 Å². The maximum Gasteiger partial charge on any atom is 0.296 e. The van der Waals surface area contributed by atoms with E-state index < -0.39 is 33.7 Å². The molecule has 0 aliphatic heterocycles. The lowest BCUT2D eigenvalue weighted by atomic mass is 10.0. The first-order valence-corrected chi connectivity index (χ1v) is 7.23. The van der Waals surface area contributed by atoms with Crippen LogP contribution in [0.25, 0.3) is 0 Å². The molecule has 0 saturated carbocycles. The van der Waals surface area contributed by atoms with Crippen LogP contribution in [0.15, 0.2) is 30.3 Å². The average molecular weight is 378 g/mol. The van der Waals surface area contributed by atoms with Gasteiger partial charge in [-0.05, 0) is 24.3 Å². The summed E-state index contributed by atoms with van der Waals surface area (Å²) in [6, 6.07) is 6.67. The Kier molecular flexibility index (Phi) is 5.49. The minimum absolute atomic E-state index is 0.0659. The lowest BCUT2D eigenvalue weighted by Crippen LogP contribution is -2.23. The molecular formula is C16H9ClFN3O5. The van der Waals surface area contributed by atoms with Crippen LogP contribution >= 0.6 is 11.6 Å². The van der Waals surface area contributed by atoms with E-state index in [2.05, 4.69) is 5.32 Å². The van der Waals surface area contributed by atoms with Crippen LogP contribution in [0, 0.1) is 27.3 Å². The summed E-state index contributed by atoms with van der Waals surface area (Å²) in [6.45, 7) is 0. The van der Waals surface area contributed by atoms with Gasteiger partial charge in [-0.2, -0.15) is 5.26 Å². The Bertz CT molecular complexity index is 971. The number of hydrogen-bond acceptors (Lipinski definition) is 6. The van der Waals surface area contributed by atoms with Crippen LogP contribution in [0.1, 0.15) is 15.9 Å². The third-order valence-electron chi connectivity index (χ3n) is 3.26. The SMILES string of the molecule is COc1cc([N+](=O)[O-])c(C#N)cc1C(=O)C(=O)Nc1ccc(F)c(Cl)c1. The van der Waals surface area contributed by atoms with Gasteiger partial charge in [0.1, 0.15) is 23.2 Å². The van der Waals surface area contributed by atoms with E-state index in [1.54, 1.807) is 6.07 Å². The number of amides is 1. The predicted molar refractivity (Wildman–Crippen MR) is 88.7 cm³/mol. The number of ether oxygens (including phenoxy) is 1. The fourth-order valence-electron chi connectivity index (χ4n) is 2.04. The van der Waals surface area contributed by atoms with Crippen molar-refractivity contribution in [3.63, 3.8) is 0 Å². The number of nitro groups is 1. The van der Waals surface area contributed by atoms with Gasteiger partial charge in [-0.25, -0.2) is 4.39 Å². The molecule has 0 saturated heterocycles. The van der Waals surface area contributed by atoms with Gasteiger partial charge in [0, 0.05) is 5.69 Å². The predicted octanol–water partition coefficient (Wildman–Crippen LogP) is 3.09. The molecule has 0 unspecified atom stereocenters. The van der Waals surface area contributed by atoms with E-state index in [9.17, 15) is 24.1 Å². The first-order chi connectivity index (χ1) is 12.3. The van der Waals surface area contributed by atoms with Gasteiger partial charge in [0.05, 0.1) is 28.7 Å². The van der Waals surface area contributed by atoms with Gasteiger partial charge in [-0.3, -0.25) is 19.7 Å². The second-order valence-electron chi connectivity index (χ2n) is 4.85. The zero-order valence-corrected chi connectivity index (χ0v) is 13.8. The number of carbonyl (C=O) groups excluding carboxylic acids is 2. The number of hydrogen-bond donors (Lipinski definition) is 1. The van der Waals surface area contributed by atoms with Crippen molar-refractivity contribution in [2.45, 2.75) is 0 Å². The summed E-state index contributed by atoms with van der Waals surface area (Å²) in [7, 11) is 1.15. The number of Topliss-reactive ketones (excluding diaryl/α,β-unsaturated/α-hetero) is 1. The van der Waals surface area contributed by atoms with Crippen LogP contribution in [0.3, 0.4) is 0 Å². The summed E-state index contributed by atoms with van der Waals surface area (Å²) in [5.41, 5.74) is -1.24. The van der Waals surface area contributed by atoms with E-state index in [1.165, 1.54) is 6.07 Å². The Balaban J connectivity index is 2.38. The van der Waals surface area contributed by atoms with Crippen LogP contribution in [0.4, 0.5) is 15.8 Å². The second-order valence-corrected chi connectivity index (χ2v) is 5.26. The van der Waals surface area contributed by atoms with Gasteiger partial charge < -0.3 is 10.1 Å². The second kappa shape index (κ2) is 7.58. The normalized spacial score (nSPS) is 9.92. The summed E-state index contributed by atoms with van der Waals surface area (Å²) in [4.78, 5) is 34.6. The van der Waals surface area contributed by atoms with E-state index in [1.807, 2.05) is 0 Å².